The van der Waals surface area contributed by atoms with Gasteiger partial charge >= 0.3 is 0 Å². The zero-order chi connectivity index (χ0) is 34.1. The Morgan fingerprint density at radius 2 is 0.824 bits per heavy atom. The fourth-order valence-corrected chi connectivity index (χ4v) is 6.80. The molecule has 9 rings (SSSR count). The molecule has 7 aromatic carbocycles. The number of nitriles is 1. The van der Waals surface area contributed by atoms with Crippen LogP contribution in [0.25, 0.3) is 83.9 Å². The molecule has 0 aliphatic rings. The van der Waals surface area contributed by atoms with E-state index < -0.39 is 0 Å². The molecule has 0 atom stereocenters. The van der Waals surface area contributed by atoms with Crippen LogP contribution < -0.4 is 0 Å². The van der Waals surface area contributed by atoms with E-state index in [0.717, 1.165) is 49.7 Å². The predicted molar refractivity (Wildman–Crippen MR) is 206 cm³/mol. The number of nitrogens with zero attached hydrogens (tertiary/aromatic N) is 5. The number of benzene rings is 7. The lowest BCUT2D eigenvalue weighted by molar-refractivity contribution is 1.07. The third-order valence-electron chi connectivity index (χ3n) is 9.30. The summed E-state index contributed by atoms with van der Waals surface area (Å²) in [6, 6.07) is 62.3. The largest absolute Gasteiger partial charge is 0.309 e. The van der Waals surface area contributed by atoms with E-state index in [-0.39, 0.29) is 0 Å². The number of hydrogen-bond donors (Lipinski definition) is 0. The number of rotatable bonds is 6. The SMILES string of the molecule is N#Cc1ccc(-n2c3ccc(-c4ccccc4)cc3c3cc(-c4ccccc4)ccc32)cc1-c1nc(-c2ccccc2)nc(-c2ccccc2)n1. The first kappa shape index (κ1) is 29.9. The fraction of sp³-hybridized carbons (Fsp3) is 0. The van der Waals surface area contributed by atoms with Crippen LogP contribution in [-0.2, 0) is 0 Å². The number of aromatic nitrogens is 4. The number of hydrogen-bond acceptors (Lipinski definition) is 4. The Hall–Kier alpha value is -7.16. The third kappa shape index (κ3) is 5.51. The molecule has 0 spiro atoms. The summed E-state index contributed by atoms with van der Waals surface area (Å²) in [5.41, 5.74) is 10.6. The standard InChI is InChI=1S/C46H29N5/c47-30-37-21-24-38(29-39(37)46-49-44(33-17-9-3-10-18-33)48-45(50-46)34-19-11-4-12-20-34)51-42-25-22-35(31-13-5-1-6-14-31)27-40(42)41-28-36(23-26-43(41)51)32-15-7-2-8-16-32/h1-29H. The van der Waals surface area contributed by atoms with Gasteiger partial charge in [-0.15, -0.1) is 0 Å². The molecule has 2 aromatic heterocycles. The first-order chi connectivity index (χ1) is 25.2. The van der Waals surface area contributed by atoms with Gasteiger partial charge in [0.2, 0.25) is 0 Å². The first-order valence-corrected chi connectivity index (χ1v) is 16.8. The summed E-state index contributed by atoms with van der Waals surface area (Å²) in [4.78, 5) is 14.8. The molecule has 0 saturated carbocycles. The van der Waals surface area contributed by atoms with E-state index in [2.05, 4.69) is 95.6 Å². The van der Waals surface area contributed by atoms with Gasteiger partial charge in [-0.25, -0.2) is 15.0 Å². The highest BCUT2D eigenvalue weighted by molar-refractivity contribution is 6.11. The molecule has 0 saturated heterocycles. The van der Waals surface area contributed by atoms with Crippen LogP contribution in [0.2, 0.25) is 0 Å². The van der Waals surface area contributed by atoms with Crippen LogP contribution in [-0.4, -0.2) is 19.5 Å². The van der Waals surface area contributed by atoms with Crippen LogP contribution in [0.3, 0.4) is 0 Å². The average Bonchev–Trinajstić information content (AvgIpc) is 3.54. The molecule has 5 heteroatoms. The van der Waals surface area contributed by atoms with Gasteiger partial charge in [-0.1, -0.05) is 133 Å². The van der Waals surface area contributed by atoms with Gasteiger partial charge in [0, 0.05) is 33.2 Å². The topological polar surface area (TPSA) is 67.4 Å². The second-order valence-corrected chi connectivity index (χ2v) is 12.4. The van der Waals surface area contributed by atoms with Crippen molar-refractivity contribution >= 4 is 21.8 Å². The van der Waals surface area contributed by atoms with E-state index in [1.165, 1.54) is 11.1 Å². The van der Waals surface area contributed by atoms with Gasteiger partial charge in [0.05, 0.1) is 22.7 Å². The van der Waals surface area contributed by atoms with Crippen molar-refractivity contribution in [2.24, 2.45) is 0 Å². The zero-order valence-electron chi connectivity index (χ0n) is 27.5. The lowest BCUT2D eigenvalue weighted by Gasteiger charge is -2.13. The molecule has 0 fully saturated rings. The normalized spacial score (nSPS) is 11.1. The Labute approximate surface area is 295 Å². The maximum Gasteiger partial charge on any atom is 0.165 e. The van der Waals surface area contributed by atoms with E-state index in [1.54, 1.807) is 0 Å². The van der Waals surface area contributed by atoms with E-state index in [1.807, 2.05) is 91.0 Å². The summed E-state index contributed by atoms with van der Waals surface area (Å²) in [6.07, 6.45) is 0. The summed E-state index contributed by atoms with van der Waals surface area (Å²) >= 11 is 0. The van der Waals surface area contributed by atoms with Gasteiger partial charge in [0.25, 0.3) is 0 Å². The van der Waals surface area contributed by atoms with Gasteiger partial charge < -0.3 is 4.57 Å². The highest BCUT2D eigenvalue weighted by atomic mass is 15.0. The van der Waals surface area contributed by atoms with Gasteiger partial charge in [-0.05, 0) is 64.7 Å². The van der Waals surface area contributed by atoms with E-state index >= 15 is 0 Å². The Morgan fingerprint density at radius 1 is 0.392 bits per heavy atom. The third-order valence-corrected chi connectivity index (χ3v) is 9.30. The Bertz CT molecular complexity index is 2580. The molecule has 0 bridgehead atoms. The minimum Gasteiger partial charge on any atom is -0.309 e. The maximum atomic E-state index is 10.4. The highest BCUT2D eigenvalue weighted by Gasteiger charge is 2.19. The quantitative estimate of drug-likeness (QED) is 0.179. The van der Waals surface area contributed by atoms with Crippen molar-refractivity contribution in [1.82, 2.24) is 19.5 Å². The molecule has 0 radical (unpaired) electrons. The molecule has 0 amide bonds. The van der Waals surface area contributed by atoms with E-state index in [9.17, 15) is 5.26 Å². The zero-order valence-corrected chi connectivity index (χ0v) is 27.5. The van der Waals surface area contributed by atoms with E-state index in [4.69, 9.17) is 15.0 Å². The smallest absolute Gasteiger partial charge is 0.165 e. The van der Waals surface area contributed by atoms with Crippen LogP contribution in [0.1, 0.15) is 5.56 Å². The summed E-state index contributed by atoms with van der Waals surface area (Å²) in [5, 5.41) is 12.7. The molecule has 2 heterocycles. The second kappa shape index (κ2) is 12.7. The summed E-state index contributed by atoms with van der Waals surface area (Å²) in [7, 11) is 0. The lowest BCUT2D eigenvalue weighted by atomic mass is 10.0. The highest BCUT2D eigenvalue weighted by Crippen LogP contribution is 2.38. The average molecular weight is 652 g/mol. The van der Waals surface area contributed by atoms with Gasteiger partial charge in [0.1, 0.15) is 0 Å². The summed E-state index contributed by atoms with van der Waals surface area (Å²) in [5.74, 6) is 1.54. The summed E-state index contributed by atoms with van der Waals surface area (Å²) < 4.78 is 2.27. The molecule has 0 unspecified atom stereocenters. The van der Waals surface area contributed by atoms with Crippen molar-refractivity contribution in [2.45, 2.75) is 0 Å². The second-order valence-electron chi connectivity index (χ2n) is 12.4. The molecule has 5 nitrogen and oxygen atoms in total. The predicted octanol–water partition coefficient (Wildman–Crippen LogP) is 11.2. The Kier molecular flexibility index (Phi) is 7.46. The Balaban J connectivity index is 1.28. The molecule has 0 N–H and O–H groups in total. The van der Waals surface area contributed by atoms with Crippen molar-refractivity contribution in [2.75, 3.05) is 0 Å². The first-order valence-electron chi connectivity index (χ1n) is 16.8. The monoisotopic (exact) mass is 651 g/mol. The van der Waals surface area contributed by atoms with Crippen molar-refractivity contribution in [3.8, 4) is 68.2 Å². The minimum absolute atomic E-state index is 0.444. The molecule has 0 aliphatic carbocycles. The van der Waals surface area contributed by atoms with Crippen LogP contribution in [0.5, 0.6) is 0 Å². The van der Waals surface area contributed by atoms with Crippen molar-refractivity contribution in [1.29, 1.82) is 5.26 Å². The molecular weight excluding hydrogens is 623 g/mol. The summed E-state index contributed by atoms with van der Waals surface area (Å²) in [6.45, 7) is 0. The van der Waals surface area contributed by atoms with Crippen LogP contribution in [0.15, 0.2) is 176 Å². The van der Waals surface area contributed by atoms with Crippen molar-refractivity contribution in [3.63, 3.8) is 0 Å². The Morgan fingerprint density at radius 3 is 1.27 bits per heavy atom. The van der Waals surface area contributed by atoms with Crippen molar-refractivity contribution in [3.05, 3.63) is 181 Å². The molecular formula is C46H29N5. The maximum absolute atomic E-state index is 10.4. The molecule has 0 aliphatic heterocycles. The molecule has 238 valence electrons. The molecule has 51 heavy (non-hydrogen) atoms. The van der Waals surface area contributed by atoms with Gasteiger partial charge in [0.15, 0.2) is 17.5 Å². The minimum atomic E-state index is 0.444. The molecule has 9 aromatic rings. The van der Waals surface area contributed by atoms with Crippen LogP contribution >= 0.6 is 0 Å². The van der Waals surface area contributed by atoms with Crippen LogP contribution in [0.4, 0.5) is 0 Å². The van der Waals surface area contributed by atoms with Gasteiger partial charge in [-0.3, -0.25) is 0 Å². The van der Waals surface area contributed by atoms with Gasteiger partial charge in [-0.2, -0.15) is 5.26 Å². The van der Waals surface area contributed by atoms with Crippen LogP contribution in [0, 0.1) is 11.3 Å². The van der Waals surface area contributed by atoms with E-state index in [0.29, 0.717) is 28.6 Å². The lowest BCUT2D eigenvalue weighted by Crippen LogP contribution is -2.02. The van der Waals surface area contributed by atoms with Crippen molar-refractivity contribution < 1.29 is 0 Å². The fourth-order valence-electron chi connectivity index (χ4n) is 6.80. The number of fused-ring (bicyclic) bond motifs is 3.